The third-order valence-corrected chi connectivity index (χ3v) is 6.90. The van der Waals surface area contributed by atoms with E-state index >= 15 is 0 Å². The van der Waals surface area contributed by atoms with E-state index in [0.29, 0.717) is 16.6 Å². The Bertz CT molecular complexity index is 1150. The zero-order chi connectivity index (χ0) is 22.9. The molecule has 1 atom stereocenters. The molecule has 0 spiro atoms. The second kappa shape index (κ2) is 9.14. The minimum atomic E-state index is -0.203. The molecule has 8 heteroatoms. The summed E-state index contributed by atoms with van der Waals surface area (Å²) < 4.78 is 13.9. The summed E-state index contributed by atoms with van der Waals surface area (Å²) >= 11 is 6.36. The Labute approximate surface area is 199 Å². The molecule has 1 unspecified atom stereocenters. The standard InChI is InChI=1S/C25H28ClFN6/c1-17-15-19(7-8-21(17)27)22-16-23(30-25(29-22)33-10-4-5-18(33)2)31-11-13-32(14-12-31)24-20(26)6-3-9-28-24/h3,6-9,15-16,18H,4-5,10-14H2,1-2H3. The average molecular weight is 467 g/mol. The van der Waals surface area contributed by atoms with E-state index in [2.05, 4.69) is 26.6 Å². The maximum atomic E-state index is 13.9. The summed E-state index contributed by atoms with van der Waals surface area (Å²) in [6, 6.07) is 11.3. The van der Waals surface area contributed by atoms with E-state index in [9.17, 15) is 4.39 Å². The first-order chi connectivity index (χ1) is 16.0. The molecule has 0 radical (unpaired) electrons. The molecule has 6 nitrogen and oxygen atoms in total. The Balaban J connectivity index is 1.45. The number of anilines is 3. The van der Waals surface area contributed by atoms with Crippen LogP contribution < -0.4 is 14.7 Å². The zero-order valence-corrected chi connectivity index (χ0v) is 19.8. The molecule has 2 fully saturated rings. The van der Waals surface area contributed by atoms with E-state index in [1.807, 2.05) is 24.3 Å². The third kappa shape index (κ3) is 4.47. The van der Waals surface area contributed by atoms with E-state index in [4.69, 9.17) is 21.6 Å². The fraction of sp³-hybridized carbons (Fsp3) is 0.400. The second-order valence-corrected chi connectivity index (χ2v) is 9.25. The van der Waals surface area contributed by atoms with Crippen molar-refractivity contribution >= 4 is 29.2 Å². The van der Waals surface area contributed by atoms with E-state index < -0.39 is 0 Å². The molecule has 2 aliphatic heterocycles. The Morgan fingerprint density at radius 2 is 1.79 bits per heavy atom. The Hall–Kier alpha value is -2.93. The van der Waals surface area contributed by atoms with Crippen molar-refractivity contribution in [1.29, 1.82) is 0 Å². The number of hydrogen-bond donors (Lipinski definition) is 0. The Kier molecular flexibility index (Phi) is 6.06. The normalized spacial score (nSPS) is 18.8. The van der Waals surface area contributed by atoms with Crippen LogP contribution >= 0.6 is 11.6 Å². The van der Waals surface area contributed by atoms with Gasteiger partial charge in [0.1, 0.15) is 17.5 Å². The minimum Gasteiger partial charge on any atom is -0.353 e. The summed E-state index contributed by atoms with van der Waals surface area (Å²) in [4.78, 5) is 21.1. The lowest BCUT2D eigenvalue weighted by Crippen LogP contribution is -2.47. The summed E-state index contributed by atoms with van der Waals surface area (Å²) in [5.74, 6) is 2.29. The van der Waals surface area contributed by atoms with Crippen LogP contribution in [-0.4, -0.2) is 53.7 Å². The highest BCUT2D eigenvalue weighted by molar-refractivity contribution is 6.32. The molecule has 2 aliphatic rings. The fourth-order valence-electron chi connectivity index (χ4n) is 4.65. The van der Waals surface area contributed by atoms with Gasteiger partial charge in [-0.1, -0.05) is 11.6 Å². The number of pyridine rings is 1. The highest BCUT2D eigenvalue weighted by Gasteiger charge is 2.26. The lowest BCUT2D eigenvalue weighted by atomic mass is 10.1. The van der Waals surface area contributed by atoms with Crippen molar-refractivity contribution < 1.29 is 4.39 Å². The van der Waals surface area contributed by atoms with Crippen LogP contribution in [0, 0.1) is 12.7 Å². The van der Waals surface area contributed by atoms with Crippen LogP contribution in [0.5, 0.6) is 0 Å². The third-order valence-electron chi connectivity index (χ3n) is 6.61. The topological polar surface area (TPSA) is 48.4 Å². The first kappa shape index (κ1) is 21.9. The molecular weight excluding hydrogens is 439 g/mol. The summed E-state index contributed by atoms with van der Waals surface area (Å²) in [6.07, 6.45) is 4.06. The van der Waals surface area contributed by atoms with Crippen molar-refractivity contribution in [2.45, 2.75) is 32.7 Å². The zero-order valence-electron chi connectivity index (χ0n) is 19.0. The quantitative estimate of drug-likeness (QED) is 0.542. The highest BCUT2D eigenvalue weighted by atomic mass is 35.5. The summed E-state index contributed by atoms with van der Waals surface area (Å²) in [5.41, 5.74) is 2.35. The van der Waals surface area contributed by atoms with Gasteiger partial charge in [-0.05, 0) is 62.6 Å². The number of nitrogens with zero attached hydrogens (tertiary/aromatic N) is 6. The fourth-order valence-corrected chi connectivity index (χ4v) is 4.89. The van der Waals surface area contributed by atoms with Gasteiger partial charge in [0.25, 0.3) is 0 Å². The van der Waals surface area contributed by atoms with Gasteiger partial charge in [0.15, 0.2) is 0 Å². The molecule has 1 aromatic carbocycles. The smallest absolute Gasteiger partial charge is 0.228 e. The van der Waals surface area contributed by atoms with Gasteiger partial charge < -0.3 is 14.7 Å². The van der Waals surface area contributed by atoms with Gasteiger partial charge >= 0.3 is 0 Å². The van der Waals surface area contributed by atoms with Crippen molar-refractivity contribution in [3.05, 3.63) is 59.0 Å². The molecule has 3 aromatic rings. The number of piperazine rings is 1. The van der Waals surface area contributed by atoms with Gasteiger partial charge in [0.2, 0.25) is 5.95 Å². The number of hydrogen-bond acceptors (Lipinski definition) is 6. The summed E-state index contributed by atoms with van der Waals surface area (Å²) in [7, 11) is 0. The summed E-state index contributed by atoms with van der Waals surface area (Å²) in [5, 5.41) is 0.673. The molecule has 0 N–H and O–H groups in total. The number of aromatic nitrogens is 3. The Morgan fingerprint density at radius 3 is 2.48 bits per heavy atom. The molecule has 33 heavy (non-hydrogen) atoms. The van der Waals surface area contributed by atoms with Gasteiger partial charge in [-0.2, -0.15) is 4.98 Å². The molecule has 0 aliphatic carbocycles. The average Bonchev–Trinajstić information content (AvgIpc) is 3.27. The van der Waals surface area contributed by atoms with Gasteiger partial charge in [-0.15, -0.1) is 0 Å². The number of aryl methyl sites for hydroxylation is 1. The number of rotatable bonds is 4. The molecule has 0 bridgehead atoms. The second-order valence-electron chi connectivity index (χ2n) is 8.84. The van der Waals surface area contributed by atoms with Crippen LogP contribution in [0.2, 0.25) is 5.02 Å². The first-order valence-corrected chi connectivity index (χ1v) is 11.9. The maximum Gasteiger partial charge on any atom is 0.228 e. The van der Waals surface area contributed by atoms with Crippen molar-refractivity contribution in [3.63, 3.8) is 0 Å². The van der Waals surface area contributed by atoms with Crippen LogP contribution in [0.4, 0.5) is 22.0 Å². The van der Waals surface area contributed by atoms with Crippen molar-refractivity contribution in [2.75, 3.05) is 47.4 Å². The first-order valence-electron chi connectivity index (χ1n) is 11.5. The minimum absolute atomic E-state index is 0.203. The maximum absolute atomic E-state index is 13.9. The monoisotopic (exact) mass is 466 g/mol. The number of benzene rings is 1. The van der Waals surface area contributed by atoms with Gasteiger partial charge in [-0.25, -0.2) is 14.4 Å². The van der Waals surface area contributed by atoms with E-state index in [1.165, 1.54) is 6.07 Å². The van der Waals surface area contributed by atoms with Crippen LogP contribution in [0.25, 0.3) is 11.3 Å². The molecule has 2 aromatic heterocycles. The van der Waals surface area contributed by atoms with Crippen LogP contribution in [0.1, 0.15) is 25.3 Å². The van der Waals surface area contributed by atoms with E-state index in [1.54, 1.807) is 19.2 Å². The molecule has 2 saturated heterocycles. The van der Waals surface area contributed by atoms with Gasteiger partial charge in [0.05, 0.1) is 10.7 Å². The van der Waals surface area contributed by atoms with Gasteiger partial charge in [0, 0.05) is 56.6 Å². The largest absolute Gasteiger partial charge is 0.353 e. The Morgan fingerprint density at radius 1 is 1.00 bits per heavy atom. The van der Waals surface area contributed by atoms with Crippen molar-refractivity contribution in [2.24, 2.45) is 0 Å². The van der Waals surface area contributed by atoms with Crippen LogP contribution in [0.3, 0.4) is 0 Å². The van der Waals surface area contributed by atoms with E-state index in [-0.39, 0.29) is 5.82 Å². The van der Waals surface area contributed by atoms with Crippen LogP contribution in [0.15, 0.2) is 42.6 Å². The van der Waals surface area contributed by atoms with Crippen molar-refractivity contribution in [1.82, 2.24) is 15.0 Å². The molecule has 172 valence electrons. The predicted molar refractivity (Wildman–Crippen MR) is 132 cm³/mol. The molecule has 4 heterocycles. The van der Waals surface area contributed by atoms with E-state index in [0.717, 1.165) is 74.4 Å². The molecular formula is C25H28ClFN6. The predicted octanol–water partition coefficient (Wildman–Crippen LogP) is 4.95. The highest BCUT2D eigenvalue weighted by Crippen LogP contribution is 2.31. The lowest BCUT2D eigenvalue weighted by molar-refractivity contribution is 0.618. The van der Waals surface area contributed by atoms with Crippen molar-refractivity contribution in [3.8, 4) is 11.3 Å². The molecule has 0 saturated carbocycles. The SMILES string of the molecule is Cc1cc(-c2cc(N3CCN(c4ncccc4Cl)CC3)nc(N3CCCC3C)n2)ccc1F. The lowest BCUT2D eigenvalue weighted by Gasteiger charge is -2.36. The van der Waals surface area contributed by atoms with Gasteiger partial charge in [-0.3, -0.25) is 0 Å². The number of halogens is 2. The van der Waals surface area contributed by atoms with Crippen LogP contribution in [-0.2, 0) is 0 Å². The molecule has 0 amide bonds. The summed E-state index contributed by atoms with van der Waals surface area (Å²) in [6.45, 7) is 8.19. The molecule has 5 rings (SSSR count).